The van der Waals surface area contributed by atoms with Gasteiger partial charge in [0.15, 0.2) is 0 Å². The minimum Gasteiger partial charge on any atom is -0.282 e. The van der Waals surface area contributed by atoms with Crippen molar-refractivity contribution >= 4 is 17.7 Å². The fraction of sp³-hybridized carbons (Fsp3) is 0.567. The van der Waals surface area contributed by atoms with Crippen LogP contribution in [-0.2, 0) is 0 Å². The molecule has 1 saturated carbocycles. The number of carbonyl (C=O) groups is 1. The van der Waals surface area contributed by atoms with Crippen LogP contribution in [0, 0.1) is 5.92 Å². The Morgan fingerprint density at radius 3 is 2.09 bits per heavy atom. The van der Waals surface area contributed by atoms with Gasteiger partial charge in [-0.3, -0.25) is 4.79 Å². The highest BCUT2D eigenvalue weighted by atomic mass is 32.1. The molecule has 0 heterocycles. The molecule has 0 N–H and O–H groups in total. The van der Waals surface area contributed by atoms with Crippen molar-refractivity contribution in [2.75, 3.05) is 0 Å². The fourth-order valence-electron chi connectivity index (χ4n) is 5.41. The Kier molecular flexibility index (Phi) is 11.1. The third kappa shape index (κ3) is 7.93. The van der Waals surface area contributed by atoms with Gasteiger partial charge in [0, 0.05) is 11.1 Å². The molecule has 0 bridgehead atoms. The van der Waals surface area contributed by atoms with Gasteiger partial charge in [-0.1, -0.05) is 95.0 Å². The SMILES string of the molecule is CCCCCCCCCCC1CCC(c2ccc(-c3cc(C(F)F)ccc3C(=O)S)cc2)CC1. The Labute approximate surface area is 210 Å². The van der Waals surface area contributed by atoms with Gasteiger partial charge in [0.05, 0.1) is 0 Å². The number of thiol groups is 1. The highest BCUT2D eigenvalue weighted by molar-refractivity contribution is 7.97. The van der Waals surface area contributed by atoms with Crippen LogP contribution in [0.15, 0.2) is 42.5 Å². The van der Waals surface area contributed by atoms with E-state index in [1.54, 1.807) is 0 Å². The van der Waals surface area contributed by atoms with Gasteiger partial charge < -0.3 is 0 Å². The Balaban J connectivity index is 1.48. The van der Waals surface area contributed by atoms with Gasteiger partial charge in [-0.2, -0.15) is 0 Å². The summed E-state index contributed by atoms with van der Waals surface area (Å²) in [5.74, 6) is 1.44. The average Bonchev–Trinajstić information content (AvgIpc) is 2.85. The van der Waals surface area contributed by atoms with E-state index in [-0.39, 0.29) is 5.56 Å². The second-order valence-electron chi connectivity index (χ2n) is 10.0. The van der Waals surface area contributed by atoms with E-state index >= 15 is 0 Å². The summed E-state index contributed by atoms with van der Waals surface area (Å²) in [4.78, 5) is 11.9. The fourth-order valence-corrected chi connectivity index (χ4v) is 5.60. The zero-order valence-electron chi connectivity index (χ0n) is 20.6. The molecule has 0 unspecified atom stereocenters. The number of benzene rings is 2. The first kappa shape index (κ1) is 26.9. The van der Waals surface area contributed by atoms with E-state index in [0.29, 0.717) is 17.0 Å². The molecule has 1 fully saturated rings. The van der Waals surface area contributed by atoms with Gasteiger partial charge in [-0.05, 0) is 66.3 Å². The van der Waals surface area contributed by atoms with Crippen molar-refractivity contribution in [3.8, 4) is 11.1 Å². The molecule has 1 aliphatic rings. The minimum atomic E-state index is -2.57. The molecule has 0 aromatic heterocycles. The first-order valence-electron chi connectivity index (χ1n) is 13.2. The van der Waals surface area contributed by atoms with Crippen LogP contribution in [0.4, 0.5) is 8.78 Å². The maximum absolute atomic E-state index is 13.2. The van der Waals surface area contributed by atoms with Gasteiger partial charge >= 0.3 is 0 Å². The van der Waals surface area contributed by atoms with Gasteiger partial charge in [0.1, 0.15) is 0 Å². The second kappa shape index (κ2) is 14.0. The Morgan fingerprint density at radius 2 is 1.50 bits per heavy atom. The van der Waals surface area contributed by atoms with Gasteiger partial charge in [-0.25, -0.2) is 8.78 Å². The molecule has 4 heteroatoms. The van der Waals surface area contributed by atoms with Crippen molar-refractivity contribution < 1.29 is 13.6 Å². The highest BCUT2D eigenvalue weighted by Gasteiger charge is 2.22. The van der Waals surface area contributed by atoms with Gasteiger partial charge in [0.25, 0.3) is 6.43 Å². The second-order valence-corrected chi connectivity index (χ2v) is 10.4. The van der Waals surface area contributed by atoms with Crippen LogP contribution in [0.25, 0.3) is 11.1 Å². The lowest BCUT2D eigenvalue weighted by Gasteiger charge is -2.29. The number of hydrogen-bond donors (Lipinski definition) is 1. The molecule has 34 heavy (non-hydrogen) atoms. The van der Waals surface area contributed by atoms with E-state index in [1.807, 2.05) is 12.1 Å². The van der Waals surface area contributed by atoms with E-state index in [2.05, 4.69) is 31.7 Å². The average molecular weight is 487 g/mol. The van der Waals surface area contributed by atoms with Crippen LogP contribution in [0.5, 0.6) is 0 Å². The number of rotatable bonds is 13. The normalized spacial score (nSPS) is 18.4. The van der Waals surface area contributed by atoms with E-state index in [1.165, 1.54) is 107 Å². The van der Waals surface area contributed by atoms with Crippen molar-refractivity contribution in [1.82, 2.24) is 0 Å². The smallest absolute Gasteiger partial charge is 0.263 e. The number of halogens is 2. The largest absolute Gasteiger partial charge is 0.282 e. The minimum absolute atomic E-state index is 0.0766. The number of carbonyl (C=O) groups excluding carboxylic acids is 1. The molecule has 0 amide bonds. The van der Waals surface area contributed by atoms with E-state index in [9.17, 15) is 13.6 Å². The first-order valence-corrected chi connectivity index (χ1v) is 13.7. The zero-order valence-corrected chi connectivity index (χ0v) is 21.5. The van der Waals surface area contributed by atoms with Crippen LogP contribution >= 0.6 is 12.6 Å². The summed E-state index contributed by atoms with van der Waals surface area (Å²) in [6, 6.07) is 12.3. The summed E-state index contributed by atoms with van der Waals surface area (Å²) in [5.41, 5.74) is 2.91. The van der Waals surface area contributed by atoms with Crippen LogP contribution in [-0.4, -0.2) is 5.12 Å². The summed E-state index contributed by atoms with van der Waals surface area (Å²) in [6.07, 6.45) is 14.9. The lowest BCUT2D eigenvalue weighted by Crippen LogP contribution is -2.13. The van der Waals surface area contributed by atoms with Crippen molar-refractivity contribution in [1.29, 1.82) is 0 Å². The topological polar surface area (TPSA) is 17.1 Å². The van der Waals surface area contributed by atoms with Gasteiger partial charge in [0.2, 0.25) is 5.12 Å². The standard InChI is InChI=1S/C30H40F2OS/c1-2-3-4-5-6-7-8-9-10-22-11-13-23(14-12-22)24-15-17-25(18-16-24)28-21-26(29(31)32)19-20-27(28)30(33)34/h15-23,29H,2-14H2,1H3,(H,33,34). The Hall–Kier alpha value is -1.68. The monoisotopic (exact) mass is 486 g/mol. The lowest BCUT2D eigenvalue weighted by molar-refractivity contribution is 0.109. The summed E-state index contributed by atoms with van der Waals surface area (Å²) in [6.45, 7) is 2.27. The molecule has 186 valence electrons. The molecule has 2 aromatic rings. The molecule has 0 atom stereocenters. The Morgan fingerprint density at radius 1 is 0.882 bits per heavy atom. The lowest BCUT2D eigenvalue weighted by atomic mass is 9.77. The molecular formula is C30H40F2OS. The van der Waals surface area contributed by atoms with Crippen LogP contribution < -0.4 is 0 Å². The highest BCUT2D eigenvalue weighted by Crippen LogP contribution is 2.39. The number of alkyl halides is 2. The van der Waals surface area contributed by atoms with Gasteiger partial charge in [-0.15, -0.1) is 12.6 Å². The maximum atomic E-state index is 13.2. The number of hydrogen-bond acceptors (Lipinski definition) is 1. The van der Waals surface area contributed by atoms with E-state index < -0.39 is 11.5 Å². The van der Waals surface area contributed by atoms with Crippen molar-refractivity contribution in [3.63, 3.8) is 0 Å². The molecule has 0 spiro atoms. The van der Waals surface area contributed by atoms with Crippen LogP contribution in [0.1, 0.15) is 124 Å². The predicted octanol–water partition coefficient (Wildman–Crippen LogP) is 10.2. The zero-order chi connectivity index (χ0) is 24.3. The van der Waals surface area contributed by atoms with Crippen molar-refractivity contribution in [2.45, 2.75) is 103 Å². The molecule has 0 aliphatic heterocycles. The van der Waals surface area contributed by atoms with Crippen molar-refractivity contribution in [3.05, 3.63) is 59.2 Å². The van der Waals surface area contributed by atoms with Crippen molar-refractivity contribution in [2.24, 2.45) is 5.92 Å². The number of unbranched alkanes of at least 4 members (excludes halogenated alkanes) is 7. The summed E-state index contributed by atoms with van der Waals surface area (Å²) in [5, 5.41) is -0.408. The molecule has 2 aromatic carbocycles. The molecule has 0 radical (unpaired) electrons. The first-order chi connectivity index (χ1) is 16.5. The Bertz CT molecular complexity index is 885. The summed E-state index contributed by atoms with van der Waals surface area (Å²) < 4.78 is 26.4. The molecule has 1 nitrogen and oxygen atoms in total. The van der Waals surface area contributed by atoms with E-state index in [4.69, 9.17) is 0 Å². The quantitative estimate of drug-likeness (QED) is 0.220. The summed E-state index contributed by atoms with van der Waals surface area (Å²) in [7, 11) is 0. The molecule has 0 saturated heterocycles. The third-order valence-electron chi connectivity index (χ3n) is 7.53. The molecular weight excluding hydrogens is 446 g/mol. The van der Waals surface area contributed by atoms with E-state index in [0.717, 1.165) is 11.5 Å². The van der Waals surface area contributed by atoms with Crippen LogP contribution in [0.3, 0.4) is 0 Å². The third-order valence-corrected chi connectivity index (χ3v) is 7.77. The van der Waals surface area contributed by atoms with Crippen LogP contribution in [0.2, 0.25) is 0 Å². The molecule has 3 rings (SSSR count). The maximum Gasteiger partial charge on any atom is 0.263 e. The summed E-state index contributed by atoms with van der Waals surface area (Å²) >= 11 is 3.93. The molecule has 1 aliphatic carbocycles. The predicted molar refractivity (Wildman–Crippen MR) is 142 cm³/mol.